The Kier molecular flexibility index (Phi) is 1.71. The van der Waals surface area contributed by atoms with Crippen molar-refractivity contribution in [3.8, 4) is 0 Å². The van der Waals surface area contributed by atoms with Gasteiger partial charge in [-0.05, 0) is 31.4 Å². The highest BCUT2D eigenvalue weighted by Crippen LogP contribution is 2.40. The molecular formula is C9H13N3. The van der Waals surface area contributed by atoms with Gasteiger partial charge in [0.15, 0.2) is 0 Å². The Bertz CT molecular complexity index is 292. The van der Waals surface area contributed by atoms with E-state index >= 15 is 0 Å². The number of rotatable bonds is 2. The first-order valence-corrected chi connectivity index (χ1v) is 4.33. The van der Waals surface area contributed by atoms with Crippen molar-refractivity contribution in [1.29, 1.82) is 0 Å². The molecule has 12 heavy (non-hydrogen) atoms. The molecule has 0 aliphatic heterocycles. The maximum Gasteiger partial charge on any atom is 0.148 e. The first-order valence-electron chi connectivity index (χ1n) is 4.33. The molecule has 2 rings (SSSR count). The summed E-state index contributed by atoms with van der Waals surface area (Å²) >= 11 is 0. The van der Waals surface area contributed by atoms with Gasteiger partial charge >= 0.3 is 0 Å². The Labute approximate surface area is 72.2 Å². The molecule has 1 fully saturated rings. The fraction of sp³-hybridized carbons (Fsp3) is 0.556. The van der Waals surface area contributed by atoms with Crippen LogP contribution < -0.4 is 5.32 Å². The summed E-state index contributed by atoms with van der Waals surface area (Å²) < 4.78 is 0. The summed E-state index contributed by atoms with van der Waals surface area (Å²) in [6.07, 6.45) is 2.57. The van der Waals surface area contributed by atoms with E-state index in [1.54, 1.807) is 0 Å². The number of anilines is 1. The number of nitrogens with zero attached hydrogens (tertiary/aromatic N) is 2. The largest absolute Gasteiger partial charge is 0.372 e. The number of hydrogen-bond donors (Lipinski definition) is 1. The Morgan fingerprint density at radius 2 is 2.17 bits per heavy atom. The van der Waals surface area contributed by atoms with Crippen molar-refractivity contribution in [2.45, 2.75) is 25.7 Å². The predicted molar refractivity (Wildman–Crippen MR) is 48.3 cm³/mol. The molecule has 0 unspecified atom stereocenters. The lowest BCUT2D eigenvalue weighted by molar-refractivity contribution is 0.895. The minimum absolute atomic E-state index is 0.698. The van der Waals surface area contributed by atoms with Gasteiger partial charge in [-0.25, -0.2) is 0 Å². The van der Waals surface area contributed by atoms with Gasteiger partial charge in [-0.15, -0.1) is 5.10 Å². The Morgan fingerprint density at radius 3 is 2.67 bits per heavy atom. The van der Waals surface area contributed by atoms with Crippen LogP contribution in [0.2, 0.25) is 0 Å². The summed E-state index contributed by atoms with van der Waals surface area (Å²) in [6, 6.07) is 2.06. The van der Waals surface area contributed by atoms with Crippen LogP contribution in [0.1, 0.15) is 30.0 Å². The topological polar surface area (TPSA) is 37.8 Å². The van der Waals surface area contributed by atoms with Crippen LogP contribution >= 0.6 is 0 Å². The summed E-state index contributed by atoms with van der Waals surface area (Å²) in [4.78, 5) is 0. The Hall–Kier alpha value is -1.12. The molecule has 1 heterocycles. The summed E-state index contributed by atoms with van der Waals surface area (Å²) in [5, 5.41) is 11.2. The van der Waals surface area contributed by atoms with E-state index in [0.29, 0.717) is 5.92 Å². The molecule has 0 spiro atoms. The van der Waals surface area contributed by atoms with Gasteiger partial charge in [-0.3, -0.25) is 0 Å². The van der Waals surface area contributed by atoms with E-state index in [-0.39, 0.29) is 0 Å². The monoisotopic (exact) mass is 163 g/mol. The summed E-state index contributed by atoms with van der Waals surface area (Å²) in [5.74, 6) is 1.56. The molecule has 3 nitrogen and oxygen atoms in total. The fourth-order valence-electron chi connectivity index (χ4n) is 1.38. The lowest BCUT2D eigenvalue weighted by Gasteiger charge is -2.03. The molecule has 0 radical (unpaired) electrons. The van der Waals surface area contributed by atoms with Gasteiger partial charge in [0.25, 0.3) is 0 Å². The van der Waals surface area contributed by atoms with Crippen LogP contribution in [0.25, 0.3) is 0 Å². The molecule has 3 heteroatoms. The highest BCUT2D eigenvalue weighted by Gasteiger charge is 2.26. The van der Waals surface area contributed by atoms with Gasteiger partial charge in [0.2, 0.25) is 0 Å². The third-order valence-electron chi connectivity index (χ3n) is 2.24. The summed E-state index contributed by atoms with van der Waals surface area (Å²) in [6.45, 7) is 2.10. The SMILES string of the molecule is CNc1cc(C)c(C2CC2)nn1. The van der Waals surface area contributed by atoms with Crippen molar-refractivity contribution < 1.29 is 0 Å². The second-order valence-corrected chi connectivity index (χ2v) is 3.32. The first kappa shape index (κ1) is 7.53. The highest BCUT2D eigenvalue weighted by atomic mass is 15.2. The van der Waals surface area contributed by atoms with Crippen LogP contribution in [-0.4, -0.2) is 17.2 Å². The molecule has 0 saturated heterocycles. The maximum absolute atomic E-state index is 4.20. The lowest BCUT2D eigenvalue weighted by atomic mass is 10.2. The van der Waals surface area contributed by atoms with Gasteiger partial charge in [-0.1, -0.05) is 0 Å². The first-order chi connectivity index (χ1) is 5.81. The van der Waals surface area contributed by atoms with Crippen molar-refractivity contribution in [2.75, 3.05) is 12.4 Å². The van der Waals surface area contributed by atoms with Gasteiger partial charge in [0.1, 0.15) is 5.82 Å². The van der Waals surface area contributed by atoms with E-state index < -0.39 is 0 Å². The molecule has 1 saturated carbocycles. The molecule has 0 bridgehead atoms. The third-order valence-corrected chi connectivity index (χ3v) is 2.24. The number of nitrogens with one attached hydrogen (secondary N) is 1. The molecule has 1 aliphatic rings. The average Bonchev–Trinajstić information content (AvgIpc) is 2.87. The third kappa shape index (κ3) is 1.26. The molecule has 1 aliphatic carbocycles. The molecule has 0 aromatic carbocycles. The van der Waals surface area contributed by atoms with E-state index in [2.05, 4.69) is 28.5 Å². The fourth-order valence-corrected chi connectivity index (χ4v) is 1.38. The van der Waals surface area contributed by atoms with Gasteiger partial charge in [-0.2, -0.15) is 5.10 Å². The van der Waals surface area contributed by atoms with Crippen LogP contribution in [0, 0.1) is 6.92 Å². The zero-order chi connectivity index (χ0) is 8.55. The maximum atomic E-state index is 4.20. The second-order valence-electron chi connectivity index (χ2n) is 3.32. The van der Waals surface area contributed by atoms with Gasteiger partial charge < -0.3 is 5.32 Å². The summed E-state index contributed by atoms with van der Waals surface area (Å²) in [7, 11) is 1.86. The molecule has 1 aromatic rings. The lowest BCUT2D eigenvalue weighted by Crippen LogP contribution is -1.99. The quantitative estimate of drug-likeness (QED) is 0.721. The second kappa shape index (κ2) is 2.73. The van der Waals surface area contributed by atoms with Gasteiger partial charge in [0.05, 0.1) is 5.69 Å². The average molecular weight is 163 g/mol. The van der Waals surface area contributed by atoms with Crippen molar-refractivity contribution >= 4 is 5.82 Å². The molecule has 1 N–H and O–H groups in total. The molecule has 64 valence electrons. The molecule has 0 atom stereocenters. The van der Waals surface area contributed by atoms with Crippen LogP contribution in [0.4, 0.5) is 5.82 Å². The van der Waals surface area contributed by atoms with Crippen LogP contribution in [0.3, 0.4) is 0 Å². The molecule has 1 aromatic heterocycles. The minimum atomic E-state index is 0.698. The Morgan fingerprint density at radius 1 is 1.42 bits per heavy atom. The number of aryl methyl sites for hydroxylation is 1. The van der Waals surface area contributed by atoms with E-state index in [9.17, 15) is 0 Å². The predicted octanol–water partition coefficient (Wildman–Crippen LogP) is 1.70. The minimum Gasteiger partial charge on any atom is -0.372 e. The molecule has 0 amide bonds. The zero-order valence-corrected chi connectivity index (χ0v) is 7.46. The van der Waals surface area contributed by atoms with Gasteiger partial charge in [0, 0.05) is 13.0 Å². The highest BCUT2D eigenvalue weighted by molar-refractivity contribution is 5.38. The van der Waals surface area contributed by atoms with Crippen LogP contribution in [-0.2, 0) is 0 Å². The van der Waals surface area contributed by atoms with Crippen molar-refractivity contribution in [3.05, 3.63) is 17.3 Å². The normalized spacial score (nSPS) is 16.2. The number of aromatic nitrogens is 2. The van der Waals surface area contributed by atoms with Crippen LogP contribution in [0.5, 0.6) is 0 Å². The zero-order valence-electron chi connectivity index (χ0n) is 7.46. The van der Waals surface area contributed by atoms with Crippen molar-refractivity contribution in [2.24, 2.45) is 0 Å². The van der Waals surface area contributed by atoms with Crippen molar-refractivity contribution in [1.82, 2.24) is 10.2 Å². The van der Waals surface area contributed by atoms with E-state index in [1.165, 1.54) is 24.1 Å². The smallest absolute Gasteiger partial charge is 0.148 e. The molecular weight excluding hydrogens is 150 g/mol. The number of hydrogen-bond acceptors (Lipinski definition) is 3. The standard InChI is InChI=1S/C9H13N3/c1-6-5-8(10-2)11-12-9(6)7-3-4-7/h5,7H,3-4H2,1-2H3,(H,10,11). The summed E-state index contributed by atoms with van der Waals surface area (Å²) in [5.41, 5.74) is 2.45. The van der Waals surface area contributed by atoms with Crippen LogP contribution in [0.15, 0.2) is 6.07 Å². The van der Waals surface area contributed by atoms with E-state index in [4.69, 9.17) is 0 Å². The van der Waals surface area contributed by atoms with E-state index in [0.717, 1.165) is 5.82 Å². The van der Waals surface area contributed by atoms with Crippen molar-refractivity contribution in [3.63, 3.8) is 0 Å². The Balaban J connectivity index is 2.32. The van der Waals surface area contributed by atoms with E-state index in [1.807, 2.05) is 7.05 Å².